The standard InChI is InChI=1S/C27H26N6/c1-18-7-4-5-9-21(18)16-33(3)17-25-31-26(27(32-25)23-10-6-8-19(2)30-23)20-11-12-22-24(15-20)29-14-13-28-22/h4-15H,16-17H2,1-3H3,(H,31,32). The summed E-state index contributed by atoms with van der Waals surface area (Å²) in [5.74, 6) is 0.902. The van der Waals surface area contributed by atoms with Crippen LogP contribution >= 0.6 is 0 Å². The molecule has 1 N–H and O–H groups in total. The second-order valence-electron chi connectivity index (χ2n) is 8.43. The van der Waals surface area contributed by atoms with Crippen molar-refractivity contribution in [2.45, 2.75) is 26.9 Å². The second-order valence-corrected chi connectivity index (χ2v) is 8.43. The van der Waals surface area contributed by atoms with E-state index in [1.54, 1.807) is 12.4 Å². The summed E-state index contributed by atoms with van der Waals surface area (Å²) in [5, 5.41) is 0. The normalized spacial score (nSPS) is 11.4. The van der Waals surface area contributed by atoms with Gasteiger partial charge in [-0.05, 0) is 56.3 Å². The van der Waals surface area contributed by atoms with E-state index in [0.717, 1.165) is 51.7 Å². The molecule has 0 atom stereocenters. The smallest absolute Gasteiger partial charge is 0.121 e. The first-order valence-electron chi connectivity index (χ1n) is 11.0. The average Bonchev–Trinajstić information content (AvgIpc) is 3.24. The van der Waals surface area contributed by atoms with Crippen molar-refractivity contribution in [2.24, 2.45) is 0 Å². The van der Waals surface area contributed by atoms with E-state index in [4.69, 9.17) is 9.97 Å². The number of pyridine rings is 1. The predicted octanol–water partition coefficient (Wildman–Crippen LogP) is 5.33. The van der Waals surface area contributed by atoms with Crippen molar-refractivity contribution in [2.75, 3.05) is 7.05 Å². The third-order valence-corrected chi connectivity index (χ3v) is 5.76. The Morgan fingerprint density at radius 3 is 2.45 bits per heavy atom. The lowest BCUT2D eigenvalue weighted by atomic mass is 10.1. The Kier molecular flexibility index (Phi) is 5.67. The first kappa shape index (κ1) is 21.0. The fraction of sp³-hybridized carbons (Fsp3) is 0.185. The molecule has 6 nitrogen and oxygen atoms in total. The molecule has 0 amide bonds. The van der Waals surface area contributed by atoms with Crippen LogP contribution in [0.3, 0.4) is 0 Å². The van der Waals surface area contributed by atoms with Gasteiger partial charge < -0.3 is 4.98 Å². The summed E-state index contributed by atoms with van der Waals surface area (Å²) in [5.41, 5.74) is 8.96. The van der Waals surface area contributed by atoms with Crippen LogP contribution < -0.4 is 0 Å². The van der Waals surface area contributed by atoms with Gasteiger partial charge in [-0.25, -0.2) is 4.98 Å². The summed E-state index contributed by atoms with van der Waals surface area (Å²) in [7, 11) is 2.12. The molecule has 0 aliphatic rings. The molecule has 6 heteroatoms. The van der Waals surface area contributed by atoms with Crippen LogP contribution in [0.15, 0.2) is 73.1 Å². The van der Waals surface area contributed by atoms with Crippen molar-refractivity contribution in [3.05, 3.63) is 95.7 Å². The van der Waals surface area contributed by atoms with Gasteiger partial charge in [0.1, 0.15) is 5.82 Å². The zero-order valence-electron chi connectivity index (χ0n) is 19.1. The molecule has 0 fully saturated rings. The summed E-state index contributed by atoms with van der Waals surface area (Å²) in [6.07, 6.45) is 3.42. The molecule has 0 spiro atoms. The maximum atomic E-state index is 5.01. The molecule has 5 aromatic rings. The largest absolute Gasteiger partial charge is 0.339 e. The van der Waals surface area contributed by atoms with Crippen molar-refractivity contribution >= 4 is 11.0 Å². The molecule has 3 aromatic heterocycles. The highest BCUT2D eigenvalue weighted by atomic mass is 15.1. The van der Waals surface area contributed by atoms with Gasteiger partial charge in [-0.3, -0.25) is 19.9 Å². The quantitative estimate of drug-likeness (QED) is 0.391. The van der Waals surface area contributed by atoms with Crippen molar-refractivity contribution < 1.29 is 0 Å². The molecule has 5 rings (SSSR count). The van der Waals surface area contributed by atoms with Gasteiger partial charge in [0.15, 0.2) is 0 Å². The number of fused-ring (bicyclic) bond motifs is 1. The zero-order chi connectivity index (χ0) is 22.8. The van der Waals surface area contributed by atoms with Gasteiger partial charge in [-0.2, -0.15) is 0 Å². The highest BCUT2D eigenvalue weighted by Gasteiger charge is 2.17. The molecule has 164 valence electrons. The van der Waals surface area contributed by atoms with E-state index in [9.17, 15) is 0 Å². The topological polar surface area (TPSA) is 70.6 Å². The predicted molar refractivity (Wildman–Crippen MR) is 131 cm³/mol. The Labute approximate surface area is 193 Å². The van der Waals surface area contributed by atoms with Gasteiger partial charge in [0.2, 0.25) is 0 Å². The Morgan fingerprint density at radius 2 is 1.64 bits per heavy atom. The number of hydrogen-bond donors (Lipinski definition) is 1. The molecule has 0 bridgehead atoms. The summed E-state index contributed by atoms with van der Waals surface area (Å²) >= 11 is 0. The highest BCUT2D eigenvalue weighted by molar-refractivity contribution is 5.84. The maximum absolute atomic E-state index is 5.01. The number of nitrogens with zero attached hydrogens (tertiary/aromatic N) is 5. The molecule has 0 aliphatic heterocycles. The van der Waals surface area contributed by atoms with E-state index in [0.29, 0.717) is 6.54 Å². The summed E-state index contributed by atoms with van der Waals surface area (Å²) in [6, 6.07) is 20.6. The van der Waals surface area contributed by atoms with Crippen LogP contribution in [0.5, 0.6) is 0 Å². The number of aromatic amines is 1. The van der Waals surface area contributed by atoms with Crippen molar-refractivity contribution in [1.82, 2.24) is 29.8 Å². The second kappa shape index (κ2) is 8.92. The van der Waals surface area contributed by atoms with Crippen LogP contribution in [0.1, 0.15) is 22.6 Å². The molecule has 0 radical (unpaired) electrons. The van der Waals surface area contributed by atoms with Crippen molar-refractivity contribution in [3.8, 4) is 22.6 Å². The number of H-pyrrole nitrogens is 1. The molecular weight excluding hydrogens is 408 g/mol. The SMILES string of the molecule is Cc1cccc(-c2[nH]c(CN(C)Cc3ccccc3C)nc2-c2ccc3nccnc3c2)n1. The zero-order valence-corrected chi connectivity index (χ0v) is 19.1. The number of hydrogen-bond acceptors (Lipinski definition) is 5. The van der Waals surface area contributed by atoms with E-state index in [1.807, 2.05) is 43.3 Å². The highest BCUT2D eigenvalue weighted by Crippen LogP contribution is 2.31. The van der Waals surface area contributed by atoms with E-state index in [2.05, 4.69) is 58.1 Å². The lowest BCUT2D eigenvalue weighted by molar-refractivity contribution is 0.311. The minimum Gasteiger partial charge on any atom is -0.339 e. The third kappa shape index (κ3) is 4.52. The number of rotatable bonds is 6. The molecule has 0 aliphatic carbocycles. The molecule has 2 aromatic carbocycles. The van der Waals surface area contributed by atoms with Crippen LogP contribution in [0.2, 0.25) is 0 Å². The van der Waals surface area contributed by atoms with Crippen LogP contribution in [0.25, 0.3) is 33.7 Å². The van der Waals surface area contributed by atoms with E-state index in [-0.39, 0.29) is 0 Å². The van der Waals surface area contributed by atoms with Gasteiger partial charge in [0.05, 0.1) is 34.7 Å². The number of benzene rings is 2. The molecule has 3 heterocycles. The van der Waals surface area contributed by atoms with Gasteiger partial charge in [-0.1, -0.05) is 36.4 Å². The molecular formula is C27H26N6. The van der Waals surface area contributed by atoms with Crippen LogP contribution in [-0.2, 0) is 13.1 Å². The third-order valence-electron chi connectivity index (χ3n) is 5.76. The monoisotopic (exact) mass is 434 g/mol. The van der Waals surface area contributed by atoms with E-state index < -0.39 is 0 Å². The molecule has 0 saturated heterocycles. The Balaban J connectivity index is 1.52. The van der Waals surface area contributed by atoms with E-state index in [1.165, 1.54) is 11.1 Å². The Bertz CT molecular complexity index is 1420. The molecule has 33 heavy (non-hydrogen) atoms. The van der Waals surface area contributed by atoms with Gasteiger partial charge in [0, 0.05) is 30.2 Å². The van der Waals surface area contributed by atoms with Gasteiger partial charge in [-0.15, -0.1) is 0 Å². The number of imidazole rings is 1. The molecule has 0 unspecified atom stereocenters. The summed E-state index contributed by atoms with van der Waals surface area (Å²) in [6.45, 7) is 5.70. The average molecular weight is 435 g/mol. The number of aryl methyl sites for hydroxylation is 2. The maximum Gasteiger partial charge on any atom is 0.121 e. The lowest BCUT2D eigenvalue weighted by Crippen LogP contribution is -2.18. The van der Waals surface area contributed by atoms with Gasteiger partial charge >= 0.3 is 0 Å². The van der Waals surface area contributed by atoms with Gasteiger partial charge in [0.25, 0.3) is 0 Å². The molecule has 0 saturated carbocycles. The fourth-order valence-electron chi connectivity index (χ4n) is 4.07. The number of nitrogens with one attached hydrogen (secondary N) is 1. The fourth-order valence-corrected chi connectivity index (χ4v) is 4.07. The minimum absolute atomic E-state index is 0.695. The first-order chi connectivity index (χ1) is 16.1. The Morgan fingerprint density at radius 1 is 0.818 bits per heavy atom. The van der Waals surface area contributed by atoms with Crippen LogP contribution in [-0.4, -0.2) is 36.9 Å². The summed E-state index contributed by atoms with van der Waals surface area (Å²) in [4.78, 5) is 24.4. The summed E-state index contributed by atoms with van der Waals surface area (Å²) < 4.78 is 0. The van der Waals surface area contributed by atoms with Crippen molar-refractivity contribution in [1.29, 1.82) is 0 Å². The lowest BCUT2D eigenvalue weighted by Gasteiger charge is -2.16. The minimum atomic E-state index is 0.695. The van der Waals surface area contributed by atoms with Crippen molar-refractivity contribution in [3.63, 3.8) is 0 Å². The Hall–Kier alpha value is -3.90. The van der Waals surface area contributed by atoms with Crippen LogP contribution in [0.4, 0.5) is 0 Å². The van der Waals surface area contributed by atoms with E-state index >= 15 is 0 Å². The number of aromatic nitrogens is 5. The first-order valence-corrected chi connectivity index (χ1v) is 11.0. The van der Waals surface area contributed by atoms with Crippen LogP contribution in [0, 0.1) is 13.8 Å².